The van der Waals surface area contributed by atoms with E-state index in [1.165, 1.54) is 360 Å². The van der Waals surface area contributed by atoms with Gasteiger partial charge in [0, 0.05) is 12.8 Å². The maximum atomic E-state index is 12.6. The van der Waals surface area contributed by atoms with Crippen molar-refractivity contribution in [3.63, 3.8) is 0 Å². The number of hydrogen-bond donors (Lipinski definition) is 3. The lowest BCUT2D eigenvalue weighted by Gasteiger charge is -2.22. The van der Waals surface area contributed by atoms with Crippen LogP contribution in [0.4, 0.5) is 0 Å². The van der Waals surface area contributed by atoms with Crippen molar-refractivity contribution in [3.05, 3.63) is 12.2 Å². The predicted molar refractivity (Wildman–Crippen MR) is 357 cm³/mol. The highest BCUT2D eigenvalue weighted by Crippen LogP contribution is 2.20. The zero-order valence-electron chi connectivity index (χ0n) is 55.3. The lowest BCUT2D eigenvalue weighted by Crippen LogP contribution is -2.45. The van der Waals surface area contributed by atoms with Crippen LogP contribution in [0.5, 0.6) is 0 Å². The molecule has 0 bridgehead atoms. The molecule has 0 spiro atoms. The van der Waals surface area contributed by atoms with E-state index < -0.39 is 12.1 Å². The van der Waals surface area contributed by atoms with Gasteiger partial charge in [0.25, 0.3) is 0 Å². The van der Waals surface area contributed by atoms with E-state index in [9.17, 15) is 19.8 Å². The molecule has 0 aliphatic heterocycles. The number of ether oxygens (including phenoxy) is 1. The topological polar surface area (TPSA) is 95.9 Å². The summed E-state index contributed by atoms with van der Waals surface area (Å²) in [6, 6.07) is -0.544. The van der Waals surface area contributed by atoms with E-state index in [0.717, 1.165) is 38.5 Å². The number of hydrogen-bond acceptors (Lipinski definition) is 5. The van der Waals surface area contributed by atoms with Crippen LogP contribution < -0.4 is 5.32 Å². The van der Waals surface area contributed by atoms with Crippen LogP contribution in [0.2, 0.25) is 0 Å². The monoisotopic (exact) mass is 1140 g/mol. The molecule has 0 saturated heterocycles. The summed E-state index contributed by atoms with van der Waals surface area (Å²) >= 11 is 0. The summed E-state index contributed by atoms with van der Waals surface area (Å²) in [4.78, 5) is 24.7. The first kappa shape index (κ1) is 79.6. The minimum Gasteiger partial charge on any atom is -0.466 e. The molecular weight excluding hydrogens is 995 g/mol. The Morgan fingerprint density at radius 2 is 0.580 bits per heavy atom. The number of aliphatic hydroxyl groups excluding tert-OH is 2. The average Bonchev–Trinajstić information content (AvgIpc) is 3.47. The third kappa shape index (κ3) is 67.6. The Hall–Kier alpha value is -1.40. The van der Waals surface area contributed by atoms with Gasteiger partial charge in [0.1, 0.15) is 0 Å². The number of carbonyl (C=O) groups excluding carboxylic acids is 2. The van der Waals surface area contributed by atoms with Crippen LogP contribution in [0, 0.1) is 0 Å². The molecule has 0 heterocycles. The van der Waals surface area contributed by atoms with Gasteiger partial charge in [-0.2, -0.15) is 0 Å². The highest BCUT2D eigenvalue weighted by atomic mass is 16.5. The van der Waals surface area contributed by atoms with Crippen LogP contribution in [0.25, 0.3) is 0 Å². The fourth-order valence-electron chi connectivity index (χ4n) is 12.1. The lowest BCUT2D eigenvalue weighted by atomic mass is 10.0. The molecule has 1 amide bonds. The number of unbranched alkanes of at least 4 members (excludes halogenated alkanes) is 58. The van der Waals surface area contributed by atoms with Crippen molar-refractivity contribution >= 4 is 11.9 Å². The van der Waals surface area contributed by atoms with Gasteiger partial charge in [0.2, 0.25) is 5.91 Å². The molecule has 3 N–H and O–H groups in total. The number of carbonyl (C=O) groups is 2. The van der Waals surface area contributed by atoms with E-state index in [4.69, 9.17) is 4.74 Å². The standard InChI is InChI=1S/C75H147NO5/c1-3-5-7-9-11-13-15-17-19-21-22-23-29-32-36-39-43-47-51-55-59-63-67-73(78)72(71-77)76-74(79)68-64-60-56-52-48-44-40-37-33-30-27-25-24-26-28-31-34-38-42-46-50-54-58-62-66-70-81-75(80)69-65-61-57-53-49-45-41-35-20-18-16-14-12-10-8-6-4-2/h25,27,72-73,77-78H,3-24,26,28-71H2,1-2H3,(H,76,79)/b27-25-. The molecule has 0 rings (SSSR count). The molecule has 0 aromatic carbocycles. The first-order chi connectivity index (χ1) is 40.0. The molecule has 0 aliphatic carbocycles. The largest absolute Gasteiger partial charge is 0.466 e. The van der Waals surface area contributed by atoms with Gasteiger partial charge in [-0.15, -0.1) is 0 Å². The number of rotatable bonds is 71. The fourth-order valence-corrected chi connectivity index (χ4v) is 12.1. The van der Waals surface area contributed by atoms with Crippen molar-refractivity contribution in [2.24, 2.45) is 0 Å². The second kappa shape index (κ2) is 71.1. The number of aliphatic hydroxyl groups is 2. The van der Waals surface area contributed by atoms with Gasteiger partial charge >= 0.3 is 5.97 Å². The van der Waals surface area contributed by atoms with Gasteiger partial charge in [-0.1, -0.05) is 379 Å². The van der Waals surface area contributed by atoms with Gasteiger partial charge in [-0.25, -0.2) is 0 Å². The Kier molecular flexibility index (Phi) is 69.9. The summed E-state index contributed by atoms with van der Waals surface area (Å²) in [5.74, 6) is -0.0139. The highest BCUT2D eigenvalue weighted by molar-refractivity contribution is 5.76. The molecule has 6 nitrogen and oxygen atoms in total. The second-order valence-corrected chi connectivity index (χ2v) is 26.0. The van der Waals surface area contributed by atoms with Gasteiger partial charge in [-0.05, 0) is 51.4 Å². The van der Waals surface area contributed by atoms with Crippen molar-refractivity contribution in [2.45, 2.75) is 443 Å². The van der Waals surface area contributed by atoms with E-state index in [1.54, 1.807) is 0 Å². The maximum Gasteiger partial charge on any atom is 0.305 e. The Labute approximate surface area is 508 Å². The van der Waals surface area contributed by atoms with E-state index in [2.05, 4.69) is 31.3 Å². The first-order valence-electron chi connectivity index (χ1n) is 37.4. The van der Waals surface area contributed by atoms with Crippen molar-refractivity contribution in [1.82, 2.24) is 5.32 Å². The molecule has 0 fully saturated rings. The van der Waals surface area contributed by atoms with E-state index in [-0.39, 0.29) is 18.5 Å². The molecule has 0 saturated carbocycles. The average molecular weight is 1140 g/mol. The van der Waals surface area contributed by atoms with Crippen LogP contribution >= 0.6 is 0 Å². The van der Waals surface area contributed by atoms with Crippen molar-refractivity contribution in [3.8, 4) is 0 Å². The maximum absolute atomic E-state index is 12.6. The lowest BCUT2D eigenvalue weighted by molar-refractivity contribution is -0.143. The van der Waals surface area contributed by atoms with E-state index >= 15 is 0 Å². The zero-order chi connectivity index (χ0) is 58.5. The van der Waals surface area contributed by atoms with Crippen LogP contribution in [0.3, 0.4) is 0 Å². The number of allylic oxidation sites excluding steroid dienone is 2. The smallest absolute Gasteiger partial charge is 0.305 e. The number of nitrogens with one attached hydrogen (secondary N) is 1. The number of esters is 1. The Morgan fingerprint density at radius 1 is 0.333 bits per heavy atom. The fraction of sp³-hybridized carbons (Fsp3) is 0.947. The minimum absolute atomic E-state index is 0.0188. The Morgan fingerprint density at radius 3 is 0.877 bits per heavy atom. The van der Waals surface area contributed by atoms with Crippen LogP contribution in [-0.2, 0) is 14.3 Å². The van der Waals surface area contributed by atoms with Crippen molar-refractivity contribution < 1.29 is 24.5 Å². The van der Waals surface area contributed by atoms with Gasteiger partial charge < -0.3 is 20.3 Å². The summed E-state index contributed by atoms with van der Waals surface area (Å²) in [6.45, 7) is 5.01. The molecule has 482 valence electrons. The quantitative estimate of drug-likeness (QED) is 0.0320. The van der Waals surface area contributed by atoms with Crippen LogP contribution in [0.15, 0.2) is 12.2 Å². The molecule has 0 aromatic rings. The zero-order valence-corrected chi connectivity index (χ0v) is 55.3. The first-order valence-corrected chi connectivity index (χ1v) is 37.4. The Bertz CT molecular complexity index is 1220. The molecule has 0 radical (unpaired) electrons. The van der Waals surface area contributed by atoms with Gasteiger partial charge in [0.05, 0.1) is 25.4 Å². The van der Waals surface area contributed by atoms with Gasteiger partial charge in [0.15, 0.2) is 0 Å². The molecule has 2 unspecified atom stereocenters. The highest BCUT2D eigenvalue weighted by Gasteiger charge is 2.20. The second-order valence-electron chi connectivity index (χ2n) is 26.0. The normalized spacial score (nSPS) is 12.5. The summed E-state index contributed by atoms with van der Waals surface area (Å²) in [5, 5.41) is 23.4. The van der Waals surface area contributed by atoms with Crippen molar-refractivity contribution in [1.29, 1.82) is 0 Å². The van der Waals surface area contributed by atoms with Gasteiger partial charge in [-0.3, -0.25) is 9.59 Å². The SMILES string of the molecule is CCCCCCCCCCCCCCCCCCCCCCCCC(O)C(CO)NC(=O)CCCCCCCCCCC/C=C\CCCCCCCCCCCCCCOC(=O)CCCCCCCCCCCCCCCCCCC. The van der Waals surface area contributed by atoms with Crippen LogP contribution in [0.1, 0.15) is 431 Å². The molecule has 6 heteroatoms. The van der Waals surface area contributed by atoms with E-state index in [1.807, 2.05) is 0 Å². The molecule has 2 atom stereocenters. The molecular formula is C75H147NO5. The molecule has 0 aliphatic rings. The summed E-state index contributed by atoms with van der Waals surface area (Å²) in [6.07, 6.45) is 88.4. The third-order valence-corrected chi connectivity index (χ3v) is 17.8. The number of amides is 1. The summed E-state index contributed by atoms with van der Waals surface area (Å²) in [7, 11) is 0. The molecule has 0 aromatic heterocycles. The summed E-state index contributed by atoms with van der Waals surface area (Å²) < 4.78 is 5.51. The third-order valence-electron chi connectivity index (χ3n) is 17.8. The van der Waals surface area contributed by atoms with Crippen LogP contribution in [-0.4, -0.2) is 47.4 Å². The predicted octanol–water partition coefficient (Wildman–Crippen LogP) is 24.3. The van der Waals surface area contributed by atoms with E-state index in [0.29, 0.717) is 25.9 Å². The summed E-state index contributed by atoms with van der Waals surface area (Å²) in [5.41, 5.74) is 0. The molecule has 81 heavy (non-hydrogen) atoms. The Balaban J connectivity index is 3.38. The van der Waals surface area contributed by atoms with Crippen molar-refractivity contribution in [2.75, 3.05) is 13.2 Å². The minimum atomic E-state index is -0.667.